The van der Waals surface area contributed by atoms with E-state index in [0.29, 0.717) is 19.4 Å². The van der Waals surface area contributed by atoms with Gasteiger partial charge in [-0.1, -0.05) is 45.1 Å². The van der Waals surface area contributed by atoms with Gasteiger partial charge in [0.2, 0.25) is 11.8 Å². The molecule has 1 aliphatic heterocycles. The predicted octanol–water partition coefficient (Wildman–Crippen LogP) is 2.46. The van der Waals surface area contributed by atoms with E-state index in [-0.39, 0.29) is 11.8 Å². The summed E-state index contributed by atoms with van der Waals surface area (Å²) in [6.45, 7) is 11.0. The lowest BCUT2D eigenvalue weighted by Gasteiger charge is -2.34. The molecule has 0 radical (unpaired) electrons. The number of nitrogens with one attached hydrogen (secondary N) is 3. The van der Waals surface area contributed by atoms with Crippen LogP contribution >= 0.6 is 0 Å². The fourth-order valence-electron chi connectivity index (χ4n) is 4.32. The van der Waals surface area contributed by atoms with Crippen molar-refractivity contribution in [2.24, 2.45) is 11.3 Å². The summed E-state index contributed by atoms with van der Waals surface area (Å²) >= 11 is 0. The number of carbonyl (C=O) groups excluding carboxylic acids is 3. The molecule has 0 spiro atoms. The van der Waals surface area contributed by atoms with E-state index >= 15 is 0 Å². The molecule has 1 aromatic heterocycles. The molecule has 3 amide bonds. The Morgan fingerprint density at radius 2 is 1.93 bits per heavy atom. The molecule has 11 nitrogen and oxygen atoms in total. The van der Waals surface area contributed by atoms with Crippen LogP contribution in [-0.4, -0.2) is 68.4 Å². The maximum absolute atomic E-state index is 13.3. The van der Waals surface area contributed by atoms with Crippen molar-refractivity contribution in [3.05, 3.63) is 41.9 Å². The summed E-state index contributed by atoms with van der Waals surface area (Å²) in [5, 5.41) is 16.9. The molecule has 1 saturated heterocycles. The minimum absolute atomic E-state index is 0.247. The zero-order valence-corrected chi connectivity index (χ0v) is 24.0. The van der Waals surface area contributed by atoms with Crippen LogP contribution in [0, 0.1) is 11.3 Å². The molecular formula is C29H40N6O5. The van der Waals surface area contributed by atoms with Crippen molar-refractivity contribution >= 4 is 40.7 Å². The summed E-state index contributed by atoms with van der Waals surface area (Å²) in [7, 11) is 0. The maximum Gasteiger partial charge on any atom is 0.322 e. The number of benzene rings is 1. The van der Waals surface area contributed by atoms with Crippen molar-refractivity contribution in [2.45, 2.75) is 78.9 Å². The average Bonchev–Trinajstić information content (AvgIpc) is 2.93. The molecule has 2 aromatic rings. The summed E-state index contributed by atoms with van der Waals surface area (Å²) in [5.74, 6) is -1.79. The summed E-state index contributed by atoms with van der Waals surface area (Å²) in [6, 6.07) is 3.17. The highest BCUT2D eigenvalue weighted by atomic mass is 16.4. The number of carbonyl (C=O) groups is 4. The summed E-state index contributed by atoms with van der Waals surface area (Å²) in [6.07, 6.45) is 7.13. The first kappa shape index (κ1) is 30.7. The van der Waals surface area contributed by atoms with Gasteiger partial charge < -0.3 is 15.7 Å². The highest BCUT2D eigenvalue weighted by Crippen LogP contribution is 2.22. The molecule has 11 heteroatoms. The Labute approximate surface area is 234 Å². The van der Waals surface area contributed by atoms with Crippen molar-refractivity contribution in [3.8, 4) is 0 Å². The molecule has 3 unspecified atom stereocenters. The highest BCUT2D eigenvalue weighted by molar-refractivity contribution is 5.94. The number of rotatable bonds is 10. The van der Waals surface area contributed by atoms with Crippen LogP contribution in [0.2, 0.25) is 0 Å². The number of aryl methyl sites for hydroxylation is 1. The van der Waals surface area contributed by atoms with E-state index in [2.05, 4.69) is 26.0 Å². The van der Waals surface area contributed by atoms with Crippen LogP contribution in [0.5, 0.6) is 0 Å². The zero-order valence-electron chi connectivity index (χ0n) is 24.0. The normalized spacial score (nSPS) is 17.6. The van der Waals surface area contributed by atoms with Gasteiger partial charge in [-0.2, -0.15) is 0 Å². The molecule has 3 atom stereocenters. The van der Waals surface area contributed by atoms with Gasteiger partial charge in [-0.25, -0.2) is 15.4 Å². The Hall–Kier alpha value is -3.86. The Morgan fingerprint density at radius 1 is 1.20 bits per heavy atom. The second kappa shape index (κ2) is 13.0. The van der Waals surface area contributed by atoms with Gasteiger partial charge in [-0.05, 0) is 51.2 Å². The van der Waals surface area contributed by atoms with E-state index in [4.69, 9.17) is 0 Å². The standard InChI is InChI=1S/C29H40N6O5/c1-7-23-30-16-20-11-10-19(15-22(20)32-23)12-13-29(5,6)28(40)33-24(17(2)3)25(36)31-18(4)26(37)35-14-8-9-21(34-35)27(38)39/h10-13,15-18,21,24,34H,7-9,14H2,1-6H3,(H,31,36)(H,33,40)(H,38,39)/b13-12+. The third-order valence-electron chi connectivity index (χ3n) is 6.97. The minimum atomic E-state index is -1.03. The van der Waals surface area contributed by atoms with Crippen molar-refractivity contribution in [1.29, 1.82) is 0 Å². The van der Waals surface area contributed by atoms with Gasteiger partial charge >= 0.3 is 5.97 Å². The van der Waals surface area contributed by atoms with Gasteiger partial charge in [-0.3, -0.25) is 24.2 Å². The van der Waals surface area contributed by atoms with E-state index in [1.54, 1.807) is 26.1 Å². The smallest absolute Gasteiger partial charge is 0.322 e. The van der Waals surface area contributed by atoms with Crippen LogP contribution in [-0.2, 0) is 25.6 Å². The molecule has 0 aliphatic carbocycles. The number of hydrogen-bond donors (Lipinski definition) is 4. The summed E-state index contributed by atoms with van der Waals surface area (Å²) < 4.78 is 0. The monoisotopic (exact) mass is 552 g/mol. The molecule has 40 heavy (non-hydrogen) atoms. The van der Waals surface area contributed by atoms with Crippen LogP contribution in [0.15, 0.2) is 30.5 Å². The first-order chi connectivity index (χ1) is 18.8. The Bertz CT molecular complexity index is 1290. The summed E-state index contributed by atoms with van der Waals surface area (Å²) in [5.41, 5.74) is 3.48. The second-order valence-corrected chi connectivity index (χ2v) is 11.1. The molecule has 1 aromatic carbocycles. The zero-order chi connectivity index (χ0) is 29.6. The predicted molar refractivity (Wildman–Crippen MR) is 152 cm³/mol. The van der Waals surface area contributed by atoms with Crippen LogP contribution in [0.1, 0.15) is 65.8 Å². The number of nitrogens with zero attached hydrogens (tertiary/aromatic N) is 3. The number of amides is 3. The van der Waals surface area contributed by atoms with E-state index < -0.39 is 41.3 Å². The largest absolute Gasteiger partial charge is 0.480 e. The van der Waals surface area contributed by atoms with E-state index in [1.807, 2.05) is 45.0 Å². The van der Waals surface area contributed by atoms with E-state index in [1.165, 1.54) is 11.9 Å². The average molecular weight is 553 g/mol. The van der Waals surface area contributed by atoms with Gasteiger partial charge in [0, 0.05) is 24.5 Å². The third-order valence-corrected chi connectivity index (χ3v) is 6.97. The van der Waals surface area contributed by atoms with Crippen LogP contribution in [0.3, 0.4) is 0 Å². The molecule has 0 bridgehead atoms. The van der Waals surface area contributed by atoms with Crippen LogP contribution < -0.4 is 16.1 Å². The van der Waals surface area contributed by atoms with Gasteiger partial charge in [-0.15, -0.1) is 0 Å². The molecule has 4 N–H and O–H groups in total. The number of aromatic nitrogens is 2. The topological polar surface area (TPSA) is 154 Å². The number of aliphatic carboxylic acids is 1. The fraction of sp³-hybridized carbons (Fsp3) is 0.517. The summed E-state index contributed by atoms with van der Waals surface area (Å²) in [4.78, 5) is 59.4. The first-order valence-electron chi connectivity index (χ1n) is 13.7. The molecule has 3 rings (SSSR count). The second-order valence-electron chi connectivity index (χ2n) is 11.1. The lowest BCUT2D eigenvalue weighted by molar-refractivity contribution is -0.148. The Balaban J connectivity index is 1.65. The lowest BCUT2D eigenvalue weighted by Crippen LogP contribution is -2.61. The van der Waals surface area contributed by atoms with Crippen molar-refractivity contribution in [2.75, 3.05) is 6.54 Å². The third kappa shape index (κ3) is 7.62. The van der Waals surface area contributed by atoms with E-state index in [9.17, 15) is 24.3 Å². The maximum atomic E-state index is 13.3. The van der Waals surface area contributed by atoms with Gasteiger partial charge in [0.15, 0.2) is 0 Å². The Morgan fingerprint density at radius 3 is 2.58 bits per heavy atom. The number of carboxylic acids is 1. The Kier molecular flexibility index (Phi) is 9.97. The van der Waals surface area contributed by atoms with Crippen molar-refractivity contribution in [1.82, 2.24) is 31.0 Å². The molecule has 1 aliphatic rings. The quantitative estimate of drug-likeness (QED) is 0.351. The number of fused-ring (bicyclic) bond motifs is 1. The van der Waals surface area contributed by atoms with Gasteiger partial charge in [0.05, 0.1) is 10.9 Å². The number of hydrazine groups is 1. The number of carboxylic acid groups (broad SMARTS) is 1. The van der Waals surface area contributed by atoms with Crippen LogP contribution in [0.25, 0.3) is 17.0 Å². The lowest BCUT2D eigenvalue weighted by atomic mass is 9.89. The van der Waals surface area contributed by atoms with E-state index in [0.717, 1.165) is 28.7 Å². The fourth-order valence-corrected chi connectivity index (χ4v) is 4.32. The van der Waals surface area contributed by atoms with Crippen molar-refractivity contribution < 1.29 is 24.3 Å². The van der Waals surface area contributed by atoms with Crippen LogP contribution in [0.4, 0.5) is 0 Å². The van der Waals surface area contributed by atoms with Gasteiger partial charge in [0.1, 0.15) is 23.9 Å². The van der Waals surface area contributed by atoms with Crippen molar-refractivity contribution in [3.63, 3.8) is 0 Å². The molecular weight excluding hydrogens is 512 g/mol. The van der Waals surface area contributed by atoms with Gasteiger partial charge in [0.25, 0.3) is 5.91 Å². The first-order valence-corrected chi connectivity index (χ1v) is 13.7. The molecule has 0 saturated carbocycles. The molecule has 216 valence electrons. The molecule has 1 fully saturated rings. The highest BCUT2D eigenvalue weighted by Gasteiger charge is 2.34. The molecule has 2 heterocycles. The number of hydrogen-bond acceptors (Lipinski definition) is 7. The minimum Gasteiger partial charge on any atom is -0.480 e. The SMILES string of the molecule is CCc1ncc2ccc(/C=C/C(C)(C)C(=O)NC(C(=O)NC(C)C(=O)N3CCCC(C(=O)O)N3)C(C)C)cc2n1.